The third kappa shape index (κ3) is 4.77. The minimum absolute atomic E-state index is 0.319. The highest BCUT2D eigenvalue weighted by Crippen LogP contribution is 2.02. The normalized spacial score (nSPS) is 14.8. The van der Waals surface area contributed by atoms with Crippen molar-refractivity contribution in [1.29, 1.82) is 0 Å². The fourth-order valence-corrected chi connectivity index (χ4v) is 0.643. The Balaban J connectivity index is 0.000000364. The molecule has 0 fully saturated rings. The number of rotatable bonds is 2. The minimum atomic E-state index is -0.410. The molecule has 80 valence electrons. The Morgan fingerprint density at radius 2 is 1.57 bits per heavy atom. The molecular weight excluding hydrogens is 182 g/mol. The molecule has 0 spiro atoms. The summed E-state index contributed by atoms with van der Waals surface area (Å²) < 4.78 is 0. The van der Waals surface area contributed by atoms with Crippen molar-refractivity contribution >= 4 is 11.8 Å². The van der Waals surface area contributed by atoms with Crippen LogP contribution >= 0.6 is 0 Å². The third-order valence-corrected chi connectivity index (χ3v) is 1.03. The molecule has 0 aromatic heterocycles. The lowest BCUT2D eigenvalue weighted by Crippen LogP contribution is -2.29. The van der Waals surface area contributed by atoms with Gasteiger partial charge in [0.15, 0.2) is 0 Å². The zero-order valence-corrected chi connectivity index (χ0v) is 9.11. The molecule has 2 amide bonds. The van der Waals surface area contributed by atoms with Gasteiger partial charge in [0.05, 0.1) is 6.61 Å². The number of hydroxylamine groups is 2. The van der Waals surface area contributed by atoms with E-state index in [1.54, 1.807) is 6.92 Å². The Bertz CT molecular complexity index is 213. The first-order valence-electron chi connectivity index (χ1n) is 4.68. The van der Waals surface area contributed by atoms with Gasteiger partial charge >= 0.3 is 0 Å². The van der Waals surface area contributed by atoms with E-state index >= 15 is 0 Å². The third-order valence-electron chi connectivity index (χ3n) is 1.03. The van der Waals surface area contributed by atoms with Gasteiger partial charge in [-0.1, -0.05) is 20.8 Å². The summed E-state index contributed by atoms with van der Waals surface area (Å²) in [5, 5.41) is 0.736. The van der Waals surface area contributed by atoms with Crippen LogP contribution in [0.2, 0.25) is 0 Å². The molecule has 0 aliphatic carbocycles. The van der Waals surface area contributed by atoms with E-state index in [1.165, 1.54) is 12.2 Å². The van der Waals surface area contributed by atoms with E-state index in [9.17, 15) is 9.59 Å². The molecule has 1 aliphatic rings. The van der Waals surface area contributed by atoms with Crippen molar-refractivity contribution in [3.63, 3.8) is 0 Å². The van der Waals surface area contributed by atoms with Crippen LogP contribution in [-0.4, -0.2) is 23.5 Å². The number of hydrogen-bond donors (Lipinski definition) is 0. The molecule has 0 radical (unpaired) electrons. The first kappa shape index (κ1) is 12.8. The van der Waals surface area contributed by atoms with E-state index in [1.807, 2.05) is 0 Å². The maximum absolute atomic E-state index is 10.7. The average molecular weight is 199 g/mol. The first-order valence-corrected chi connectivity index (χ1v) is 4.68. The van der Waals surface area contributed by atoms with Gasteiger partial charge in [-0.25, -0.2) is 0 Å². The van der Waals surface area contributed by atoms with Crippen LogP contribution in [0.15, 0.2) is 12.2 Å². The van der Waals surface area contributed by atoms with Crippen molar-refractivity contribution in [1.82, 2.24) is 5.06 Å². The average Bonchev–Trinajstić information content (AvgIpc) is 2.35. The van der Waals surface area contributed by atoms with Crippen LogP contribution in [0.5, 0.6) is 0 Å². The Morgan fingerprint density at radius 3 is 1.86 bits per heavy atom. The van der Waals surface area contributed by atoms with Crippen molar-refractivity contribution in [3.05, 3.63) is 12.2 Å². The second-order valence-corrected chi connectivity index (χ2v) is 3.45. The summed E-state index contributed by atoms with van der Waals surface area (Å²) >= 11 is 0. The number of carbonyl (C=O) groups is 2. The lowest BCUT2D eigenvalue weighted by molar-refractivity contribution is -0.184. The Labute approximate surface area is 84.5 Å². The molecule has 4 heteroatoms. The lowest BCUT2D eigenvalue weighted by Gasteiger charge is -2.10. The van der Waals surface area contributed by atoms with Crippen LogP contribution in [0.25, 0.3) is 0 Å². The van der Waals surface area contributed by atoms with Crippen LogP contribution in [0.1, 0.15) is 27.7 Å². The van der Waals surface area contributed by atoms with Gasteiger partial charge in [-0.05, 0) is 12.8 Å². The Kier molecular flexibility index (Phi) is 5.79. The highest BCUT2D eigenvalue weighted by atomic mass is 16.7. The predicted octanol–water partition coefficient (Wildman–Crippen LogP) is 1.53. The number of amides is 2. The zero-order chi connectivity index (χ0) is 11.1. The molecule has 0 saturated heterocycles. The SMILES string of the molecule is CC(C)C.CCON1C(=O)C=CC1=O. The highest BCUT2D eigenvalue weighted by Gasteiger charge is 2.23. The van der Waals surface area contributed by atoms with Crippen molar-refractivity contribution in [2.45, 2.75) is 27.7 Å². The molecule has 1 aliphatic heterocycles. The molecule has 0 atom stereocenters. The Hall–Kier alpha value is -1.16. The quantitative estimate of drug-likeness (QED) is 0.633. The van der Waals surface area contributed by atoms with Gasteiger partial charge in [-0.15, -0.1) is 5.06 Å². The summed E-state index contributed by atoms with van der Waals surface area (Å²) in [4.78, 5) is 26.0. The molecule has 0 aromatic rings. The van der Waals surface area contributed by atoms with Crippen molar-refractivity contribution in [3.8, 4) is 0 Å². The van der Waals surface area contributed by atoms with E-state index in [4.69, 9.17) is 4.84 Å². The molecule has 4 nitrogen and oxygen atoms in total. The fraction of sp³-hybridized carbons (Fsp3) is 0.600. The van der Waals surface area contributed by atoms with Crippen molar-refractivity contribution in [2.75, 3.05) is 6.61 Å². The molecule has 0 saturated carbocycles. The molecular formula is C10H17NO3. The monoisotopic (exact) mass is 199 g/mol. The predicted molar refractivity (Wildman–Crippen MR) is 53.1 cm³/mol. The second kappa shape index (κ2) is 6.32. The van der Waals surface area contributed by atoms with Crippen LogP contribution in [0.3, 0.4) is 0 Å². The summed E-state index contributed by atoms with van der Waals surface area (Å²) in [6.07, 6.45) is 2.36. The van der Waals surface area contributed by atoms with Crippen LogP contribution in [0.4, 0.5) is 0 Å². The summed E-state index contributed by atoms with van der Waals surface area (Å²) in [6.45, 7) is 8.53. The van der Waals surface area contributed by atoms with Gasteiger partial charge in [0.2, 0.25) is 0 Å². The summed E-state index contributed by atoms with van der Waals surface area (Å²) in [5.41, 5.74) is 0. The van der Waals surface area contributed by atoms with E-state index < -0.39 is 11.8 Å². The lowest BCUT2D eigenvalue weighted by atomic mass is 10.3. The zero-order valence-electron chi connectivity index (χ0n) is 9.11. The van der Waals surface area contributed by atoms with E-state index in [-0.39, 0.29) is 0 Å². The molecule has 0 N–H and O–H groups in total. The van der Waals surface area contributed by atoms with E-state index in [0.717, 1.165) is 11.0 Å². The second-order valence-electron chi connectivity index (χ2n) is 3.45. The molecule has 0 unspecified atom stereocenters. The van der Waals surface area contributed by atoms with Crippen LogP contribution in [0, 0.1) is 5.92 Å². The minimum Gasteiger partial charge on any atom is -0.267 e. The molecule has 0 aromatic carbocycles. The summed E-state index contributed by atoms with van der Waals surface area (Å²) in [7, 11) is 0. The number of nitrogens with zero attached hydrogens (tertiary/aromatic N) is 1. The van der Waals surface area contributed by atoms with Crippen molar-refractivity contribution < 1.29 is 14.4 Å². The van der Waals surface area contributed by atoms with Crippen LogP contribution < -0.4 is 0 Å². The molecule has 1 rings (SSSR count). The Morgan fingerprint density at radius 1 is 1.21 bits per heavy atom. The number of hydrogen-bond acceptors (Lipinski definition) is 3. The van der Waals surface area contributed by atoms with E-state index in [0.29, 0.717) is 6.61 Å². The van der Waals surface area contributed by atoms with Gasteiger partial charge < -0.3 is 0 Å². The van der Waals surface area contributed by atoms with Gasteiger partial charge in [-0.2, -0.15) is 0 Å². The molecule has 0 bridgehead atoms. The fourth-order valence-electron chi connectivity index (χ4n) is 0.643. The first-order chi connectivity index (χ1) is 6.49. The molecule has 14 heavy (non-hydrogen) atoms. The maximum atomic E-state index is 10.7. The number of carbonyl (C=O) groups excluding carboxylic acids is 2. The van der Waals surface area contributed by atoms with Gasteiger partial charge in [0.1, 0.15) is 0 Å². The van der Waals surface area contributed by atoms with Gasteiger partial charge in [-0.3, -0.25) is 14.4 Å². The topological polar surface area (TPSA) is 46.6 Å². The summed E-state index contributed by atoms with van der Waals surface area (Å²) in [6, 6.07) is 0. The summed E-state index contributed by atoms with van der Waals surface area (Å²) in [5.74, 6) is 0.0127. The maximum Gasteiger partial charge on any atom is 0.277 e. The van der Waals surface area contributed by atoms with Gasteiger partial charge in [0, 0.05) is 12.2 Å². The number of imide groups is 1. The molecule has 1 heterocycles. The van der Waals surface area contributed by atoms with Crippen LogP contribution in [-0.2, 0) is 14.4 Å². The smallest absolute Gasteiger partial charge is 0.267 e. The van der Waals surface area contributed by atoms with Crippen molar-refractivity contribution in [2.24, 2.45) is 5.92 Å². The van der Waals surface area contributed by atoms with E-state index in [2.05, 4.69) is 20.8 Å². The highest BCUT2D eigenvalue weighted by molar-refractivity contribution is 6.11. The van der Waals surface area contributed by atoms with Gasteiger partial charge in [0.25, 0.3) is 11.8 Å². The standard InChI is InChI=1S/C6H7NO3.C4H10/c1-2-10-7-5(8)3-4-6(7)9;1-4(2)3/h3-4H,2H2,1H3;4H,1-3H3. The largest absolute Gasteiger partial charge is 0.277 e.